The number of ether oxygens (including phenoxy) is 1. The van der Waals surface area contributed by atoms with E-state index in [1.165, 1.54) is 17.7 Å². The number of hydrogen-bond donors (Lipinski definition) is 1. The zero-order chi connectivity index (χ0) is 15.1. The van der Waals surface area contributed by atoms with Gasteiger partial charge in [-0.25, -0.2) is 0 Å². The third-order valence-corrected chi connectivity index (χ3v) is 5.11. The van der Waals surface area contributed by atoms with Gasteiger partial charge in [0.25, 0.3) is 0 Å². The van der Waals surface area contributed by atoms with Crippen molar-refractivity contribution in [2.75, 3.05) is 24.6 Å². The van der Waals surface area contributed by atoms with E-state index in [1.54, 1.807) is 0 Å². The van der Waals surface area contributed by atoms with Crippen LogP contribution in [0, 0.1) is 5.92 Å². The third kappa shape index (κ3) is 2.69. The maximum Gasteiger partial charge on any atom is 0.0649 e. The molecule has 1 fully saturated rings. The minimum atomic E-state index is -0.0900. The number of hydrogen-bond acceptors (Lipinski definition) is 3. The molecule has 3 rings (SSSR count). The lowest BCUT2D eigenvalue weighted by molar-refractivity contribution is -0.0800. The lowest BCUT2D eigenvalue weighted by Crippen LogP contribution is -2.62. The summed E-state index contributed by atoms with van der Waals surface area (Å²) in [5.41, 5.74) is 9.09. The molecule has 3 nitrogen and oxygen atoms in total. The maximum atomic E-state index is 6.30. The Labute approximate surface area is 128 Å². The molecule has 21 heavy (non-hydrogen) atoms. The molecule has 2 N–H and O–H groups in total. The van der Waals surface area contributed by atoms with E-state index in [0.29, 0.717) is 12.5 Å². The van der Waals surface area contributed by atoms with Crippen LogP contribution in [0.4, 0.5) is 5.69 Å². The number of fused-ring (bicyclic) bond motifs is 1. The third-order valence-electron chi connectivity index (χ3n) is 5.11. The average molecular weight is 288 g/mol. The van der Waals surface area contributed by atoms with Gasteiger partial charge in [0, 0.05) is 31.8 Å². The summed E-state index contributed by atoms with van der Waals surface area (Å²) in [5.74, 6) is 0.675. The average Bonchev–Trinajstić information content (AvgIpc) is 2.45. The molecule has 1 saturated heterocycles. The normalized spacial score (nSPS) is 31.8. The van der Waals surface area contributed by atoms with E-state index in [1.807, 2.05) is 0 Å². The number of rotatable bonds is 2. The van der Waals surface area contributed by atoms with Gasteiger partial charge >= 0.3 is 0 Å². The summed E-state index contributed by atoms with van der Waals surface area (Å²) in [4.78, 5) is 2.60. The van der Waals surface area contributed by atoms with Crippen LogP contribution in [0.5, 0.6) is 0 Å². The molecule has 2 unspecified atom stereocenters. The van der Waals surface area contributed by atoms with Crippen LogP contribution in [-0.4, -0.2) is 30.8 Å². The minimum Gasteiger partial charge on any atom is -0.375 e. The van der Waals surface area contributed by atoms with Crippen LogP contribution in [0.3, 0.4) is 0 Å². The summed E-state index contributed by atoms with van der Waals surface area (Å²) in [5, 5.41) is 0. The van der Waals surface area contributed by atoms with Crippen molar-refractivity contribution in [1.29, 1.82) is 0 Å². The zero-order valence-corrected chi connectivity index (χ0v) is 13.6. The van der Waals surface area contributed by atoms with E-state index >= 15 is 0 Å². The highest BCUT2D eigenvalue weighted by Crippen LogP contribution is 2.42. The fourth-order valence-corrected chi connectivity index (χ4v) is 4.21. The van der Waals surface area contributed by atoms with Crippen molar-refractivity contribution < 1.29 is 4.74 Å². The van der Waals surface area contributed by atoms with Crippen LogP contribution in [0.25, 0.3) is 0 Å². The molecule has 2 atom stereocenters. The van der Waals surface area contributed by atoms with Gasteiger partial charge in [-0.1, -0.05) is 25.1 Å². The Morgan fingerprint density at radius 2 is 2.10 bits per heavy atom. The largest absolute Gasteiger partial charge is 0.375 e. The molecule has 2 heterocycles. The van der Waals surface area contributed by atoms with Crippen molar-refractivity contribution in [3.63, 3.8) is 0 Å². The van der Waals surface area contributed by atoms with Crippen LogP contribution >= 0.6 is 0 Å². The highest BCUT2D eigenvalue weighted by molar-refractivity contribution is 5.58. The van der Waals surface area contributed by atoms with Gasteiger partial charge in [-0.05, 0) is 44.2 Å². The maximum absolute atomic E-state index is 6.30. The molecule has 116 valence electrons. The van der Waals surface area contributed by atoms with Crippen molar-refractivity contribution >= 4 is 5.69 Å². The lowest BCUT2D eigenvalue weighted by Gasteiger charge is -2.54. The van der Waals surface area contributed by atoms with Crippen LogP contribution < -0.4 is 10.6 Å². The molecule has 0 aliphatic carbocycles. The summed E-state index contributed by atoms with van der Waals surface area (Å²) in [6.07, 6.45) is 3.19. The van der Waals surface area contributed by atoms with Crippen LogP contribution in [0.1, 0.15) is 39.2 Å². The summed E-state index contributed by atoms with van der Waals surface area (Å²) < 4.78 is 5.95. The summed E-state index contributed by atoms with van der Waals surface area (Å²) in [7, 11) is 0. The van der Waals surface area contributed by atoms with Crippen molar-refractivity contribution in [1.82, 2.24) is 0 Å². The summed E-state index contributed by atoms with van der Waals surface area (Å²) in [6, 6.07) is 8.84. The van der Waals surface area contributed by atoms with Gasteiger partial charge in [-0.3, -0.25) is 0 Å². The molecule has 0 aromatic heterocycles. The standard InChI is InChI=1S/C18H28N2O/c1-14-10-15-6-4-5-7-16(15)20(11-14)18(13-19)8-9-21-17(2,3)12-18/h4-7,14H,8-13,19H2,1-3H3. The molecule has 2 aliphatic heterocycles. The van der Waals surface area contributed by atoms with Gasteiger partial charge < -0.3 is 15.4 Å². The van der Waals surface area contributed by atoms with Crippen LogP contribution in [0.15, 0.2) is 24.3 Å². The van der Waals surface area contributed by atoms with Crippen LogP contribution in [0.2, 0.25) is 0 Å². The Kier molecular flexibility index (Phi) is 3.74. The fraction of sp³-hybridized carbons (Fsp3) is 0.667. The molecule has 1 aromatic rings. The van der Waals surface area contributed by atoms with E-state index in [0.717, 1.165) is 26.0 Å². The first-order chi connectivity index (χ1) is 9.96. The van der Waals surface area contributed by atoms with Crippen LogP contribution in [-0.2, 0) is 11.2 Å². The van der Waals surface area contributed by atoms with Crippen molar-refractivity contribution in [2.24, 2.45) is 11.7 Å². The first kappa shape index (κ1) is 14.9. The number of benzene rings is 1. The number of nitrogens with zero attached hydrogens (tertiary/aromatic N) is 1. The van der Waals surface area contributed by atoms with Gasteiger partial charge in [-0.15, -0.1) is 0 Å². The molecule has 0 spiro atoms. The van der Waals surface area contributed by atoms with Gasteiger partial charge in [0.05, 0.1) is 11.1 Å². The van der Waals surface area contributed by atoms with E-state index in [4.69, 9.17) is 10.5 Å². The van der Waals surface area contributed by atoms with E-state index in [2.05, 4.69) is 49.9 Å². The fourth-order valence-electron chi connectivity index (χ4n) is 4.21. The summed E-state index contributed by atoms with van der Waals surface area (Å²) >= 11 is 0. The molecule has 0 radical (unpaired) electrons. The zero-order valence-electron chi connectivity index (χ0n) is 13.6. The first-order valence-corrected chi connectivity index (χ1v) is 8.15. The Morgan fingerprint density at radius 3 is 2.81 bits per heavy atom. The Balaban J connectivity index is 2.01. The summed E-state index contributed by atoms with van der Waals surface area (Å²) in [6.45, 7) is 9.33. The van der Waals surface area contributed by atoms with Crippen molar-refractivity contribution in [3.05, 3.63) is 29.8 Å². The molecule has 0 bridgehead atoms. The molecular formula is C18H28N2O. The van der Waals surface area contributed by atoms with E-state index in [9.17, 15) is 0 Å². The second kappa shape index (κ2) is 5.29. The second-order valence-electron chi connectivity index (χ2n) is 7.51. The predicted octanol–water partition coefficient (Wildman–Crippen LogP) is 2.97. The SMILES string of the molecule is CC1Cc2ccccc2N(C2(CN)CCOC(C)(C)C2)C1. The number of nitrogens with two attached hydrogens (primary N) is 1. The molecule has 3 heteroatoms. The van der Waals surface area contributed by atoms with Gasteiger partial charge in [0.1, 0.15) is 0 Å². The topological polar surface area (TPSA) is 38.5 Å². The van der Waals surface area contributed by atoms with Crippen molar-refractivity contribution in [3.8, 4) is 0 Å². The molecule has 0 amide bonds. The Hall–Kier alpha value is -1.06. The van der Waals surface area contributed by atoms with Crippen molar-refractivity contribution in [2.45, 2.75) is 51.2 Å². The Morgan fingerprint density at radius 1 is 1.33 bits per heavy atom. The molecule has 1 aromatic carbocycles. The smallest absolute Gasteiger partial charge is 0.0649 e. The Bertz CT molecular complexity index is 514. The van der Waals surface area contributed by atoms with Gasteiger partial charge in [0.2, 0.25) is 0 Å². The molecule has 2 aliphatic rings. The number of anilines is 1. The lowest BCUT2D eigenvalue weighted by atomic mass is 9.77. The van der Waals surface area contributed by atoms with Gasteiger partial charge in [-0.2, -0.15) is 0 Å². The predicted molar refractivity (Wildman–Crippen MR) is 87.7 cm³/mol. The van der Waals surface area contributed by atoms with Gasteiger partial charge in [0.15, 0.2) is 0 Å². The van der Waals surface area contributed by atoms with E-state index < -0.39 is 0 Å². The highest BCUT2D eigenvalue weighted by atomic mass is 16.5. The minimum absolute atomic E-state index is 0.0343. The quantitative estimate of drug-likeness (QED) is 0.909. The highest BCUT2D eigenvalue weighted by Gasteiger charge is 2.45. The monoisotopic (exact) mass is 288 g/mol. The number of para-hydroxylation sites is 1. The molecular weight excluding hydrogens is 260 g/mol. The van der Waals surface area contributed by atoms with E-state index in [-0.39, 0.29) is 11.1 Å². The first-order valence-electron chi connectivity index (χ1n) is 8.15. The second-order valence-corrected chi connectivity index (χ2v) is 7.51. The molecule has 0 saturated carbocycles.